The van der Waals surface area contributed by atoms with Crippen LogP contribution in [0.2, 0.25) is 0 Å². The summed E-state index contributed by atoms with van der Waals surface area (Å²) in [4.78, 5) is 33.3. The van der Waals surface area contributed by atoms with Crippen LogP contribution in [0.3, 0.4) is 0 Å². The maximum absolute atomic E-state index is 12.4. The topological polar surface area (TPSA) is 47.1 Å². The Hall–Kier alpha value is -3.02. The third-order valence-corrected chi connectivity index (χ3v) is 8.48. The molecule has 4 heterocycles. The fraction of sp³-hybridized carbons (Fsp3) is 0.562. The van der Waals surface area contributed by atoms with E-state index in [9.17, 15) is 9.59 Å². The van der Waals surface area contributed by atoms with Crippen molar-refractivity contribution in [3.8, 4) is 0 Å². The smallest absolute Gasteiger partial charge is 0.242 e. The SMILES string of the molecule is O=C(CN1CCCc2ccccc21)N1CCCCC1.O=C(CN1CCCc2ccccc21)N1CCCCC1. The van der Waals surface area contributed by atoms with Crippen LogP contribution < -0.4 is 9.80 Å². The summed E-state index contributed by atoms with van der Waals surface area (Å²) >= 11 is 0. The minimum atomic E-state index is 0.302. The molecule has 2 fully saturated rings. The average molecular weight is 517 g/mol. The molecule has 0 atom stereocenters. The number of piperidine rings is 2. The van der Waals surface area contributed by atoms with Gasteiger partial charge in [-0.2, -0.15) is 0 Å². The summed E-state index contributed by atoms with van der Waals surface area (Å²) in [6.07, 6.45) is 11.8. The van der Waals surface area contributed by atoms with E-state index in [2.05, 4.69) is 58.3 Å². The molecule has 0 aromatic heterocycles. The predicted molar refractivity (Wildman–Crippen MR) is 155 cm³/mol. The molecule has 4 aliphatic heterocycles. The number of aryl methyl sites for hydroxylation is 2. The van der Waals surface area contributed by atoms with Gasteiger partial charge in [0.15, 0.2) is 0 Å². The summed E-state index contributed by atoms with van der Waals surface area (Å²) < 4.78 is 0. The van der Waals surface area contributed by atoms with Gasteiger partial charge in [-0.15, -0.1) is 0 Å². The van der Waals surface area contributed by atoms with E-state index in [0.717, 1.165) is 65.0 Å². The Bertz CT molecular complexity index is 989. The molecular weight excluding hydrogens is 472 g/mol. The van der Waals surface area contributed by atoms with Crippen LogP contribution in [0.4, 0.5) is 11.4 Å². The molecule has 0 unspecified atom stereocenters. The summed E-state index contributed by atoms with van der Waals surface area (Å²) in [5.74, 6) is 0.604. The molecule has 204 valence electrons. The van der Waals surface area contributed by atoms with Gasteiger partial charge in [0.2, 0.25) is 11.8 Å². The van der Waals surface area contributed by atoms with E-state index in [0.29, 0.717) is 24.9 Å². The quantitative estimate of drug-likeness (QED) is 0.580. The number of likely N-dealkylation sites (tertiary alicyclic amines) is 2. The first-order chi connectivity index (χ1) is 18.7. The number of amides is 2. The maximum Gasteiger partial charge on any atom is 0.242 e. The fourth-order valence-corrected chi connectivity index (χ4v) is 6.36. The van der Waals surface area contributed by atoms with E-state index in [-0.39, 0.29) is 0 Å². The van der Waals surface area contributed by atoms with E-state index in [1.165, 1.54) is 61.0 Å². The highest BCUT2D eigenvalue weighted by atomic mass is 16.2. The molecule has 0 radical (unpaired) electrons. The number of fused-ring (bicyclic) bond motifs is 2. The lowest BCUT2D eigenvalue weighted by Gasteiger charge is -2.34. The highest BCUT2D eigenvalue weighted by Crippen LogP contribution is 2.27. The van der Waals surface area contributed by atoms with Crippen molar-refractivity contribution in [2.45, 2.75) is 64.2 Å². The van der Waals surface area contributed by atoms with Crippen LogP contribution in [0.1, 0.15) is 62.5 Å². The molecule has 0 spiro atoms. The molecule has 2 aromatic rings. The fourth-order valence-electron chi connectivity index (χ4n) is 6.36. The third-order valence-electron chi connectivity index (χ3n) is 8.48. The second kappa shape index (κ2) is 13.2. The second-order valence-corrected chi connectivity index (χ2v) is 11.2. The van der Waals surface area contributed by atoms with Gasteiger partial charge in [-0.1, -0.05) is 36.4 Å². The third kappa shape index (κ3) is 6.69. The lowest BCUT2D eigenvalue weighted by molar-refractivity contribution is -0.131. The Morgan fingerprint density at radius 1 is 0.500 bits per heavy atom. The van der Waals surface area contributed by atoms with Crippen molar-refractivity contribution >= 4 is 23.2 Å². The largest absolute Gasteiger partial charge is 0.362 e. The summed E-state index contributed by atoms with van der Waals surface area (Å²) in [5.41, 5.74) is 5.30. The molecule has 0 aliphatic carbocycles. The van der Waals surface area contributed by atoms with E-state index in [1.807, 2.05) is 9.80 Å². The zero-order valence-corrected chi connectivity index (χ0v) is 23.0. The zero-order chi connectivity index (χ0) is 26.2. The number of carbonyl (C=O) groups excluding carboxylic acids is 2. The van der Waals surface area contributed by atoms with Crippen LogP contribution in [0.15, 0.2) is 48.5 Å². The van der Waals surface area contributed by atoms with E-state index < -0.39 is 0 Å². The molecular formula is C32H44N4O2. The number of para-hydroxylation sites is 2. The van der Waals surface area contributed by atoms with Crippen molar-refractivity contribution in [1.29, 1.82) is 0 Å². The summed E-state index contributed by atoms with van der Waals surface area (Å²) in [7, 11) is 0. The van der Waals surface area contributed by atoms with Gasteiger partial charge in [0.25, 0.3) is 0 Å². The molecule has 0 saturated carbocycles. The average Bonchev–Trinajstić information content (AvgIpc) is 2.99. The van der Waals surface area contributed by atoms with Crippen molar-refractivity contribution in [1.82, 2.24) is 9.80 Å². The van der Waals surface area contributed by atoms with E-state index in [1.54, 1.807) is 0 Å². The van der Waals surface area contributed by atoms with E-state index in [4.69, 9.17) is 0 Å². The number of hydrogen-bond acceptors (Lipinski definition) is 4. The molecule has 6 heteroatoms. The van der Waals surface area contributed by atoms with Gasteiger partial charge in [0, 0.05) is 50.6 Å². The Morgan fingerprint density at radius 2 is 0.895 bits per heavy atom. The molecule has 6 nitrogen and oxygen atoms in total. The Kier molecular flexibility index (Phi) is 9.21. The van der Waals surface area contributed by atoms with Crippen molar-refractivity contribution in [3.05, 3.63) is 59.7 Å². The van der Waals surface area contributed by atoms with Gasteiger partial charge in [-0.05, 0) is 87.5 Å². The van der Waals surface area contributed by atoms with Crippen LogP contribution in [0.25, 0.3) is 0 Å². The number of hydrogen-bond donors (Lipinski definition) is 0. The molecule has 2 saturated heterocycles. The highest BCUT2D eigenvalue weighted by Gasteiger charge is 2.24. The molecule has 38 heavy (non-hydrogen) atoms. The van der Waals surface area contributed by atoms with Crippen LogP contribution >= 0.6 is 0 Å². The number of rotatable bonds is 4. The first kappa shape index (κ1) is 26.6. The van der Waals surface area contributed by atoms with Gasteiger partial charge in [0.1, 0.15) is 0 Å². The lowest BCUT2D eigenvalue weighted by atomic mass is 10.0. The van der Waals surface area contributed by atoms with Gasteiger partial charge in [-0.3, -0.25) is 9.59 Å². The number of carbonyl (C=O) groups is 2. The number of nitrogens with zero attached hydrogens (tertiary/aromatic N) is 4. The van der Waals surface area contributed by atoms with Crippen molar-refractivity contribution < 1.29 is 9.59 Å². The molecule has 0 bridgehead atoms. The van der Waals surface area contributed by atoms with Crippen molar-refractivity contribution in [2.75, 3.05) is 62.2 Å². The van der Waals surface area contributed by atoms with Crippen LogP contribution in [0, 0.1) is 0 Å². The monoisotopic (exact) mass is 516 g/mol. The molecule has 0 N–H and O–H groups in total. The van der Waals surface area contributed by atoms with Crippen molar-refractivity contribution in [2.24, 2.45) is 0 Å². The Labute approximate surface area is 228 Å². The first-order valence-electron chi connectivity index (χ1n) is 14.9. The molecule has 4 aliphatic rings. The van der Waals surface area contributed by atoms with Gasteiger partial charge < -0.3 is 19.6 Å². The zero-order valence-electron chi connectivity index (χ0n) is 23.0. The normalized spacial score (nSPS) is 19.2. The summed E-state index contributed by atoms with van der Waals surface area (Å²) in [6.45, 7) is 6.94. The second-order valence-electron chi connectivity index (χ2n) is 11.2. The standard InChI is InChI=1S/2C16H22N2O/c2*19-16(17-10-4-1-5-11-17)13-18-12-6-8-14-7-2-3-9-15(14)18/h2*2-3,7,9H,1,4-6,8,10-13H2. The van der Waals surface area contributed by atoms with Crippen molar-refractivity contribution in [3.63, 3.8) is 0 Å². The van der Waals surface area contributed by atoms with Crippen LogP contribution in [-0.2, 0) is 22.4 Å². The van der Waals surface area contributed by atoms with Crippen LogP contribution in [-0.4, -0.2) is 74.0 Å². The first-order valence-corrected chi connectivity index (χ1v) is 14.9. The predicted octanol–water partition coefficient (Wildman–Crippen LogP) is 4.90. The minimum absolute atomic E-state index is 0.302. The lowest BCUT2D eigenvalue weighted by Crippen LogP contribution is -2.44. The van der Waals surface area contributed by atoms with Gasteiger partial charge in [-0.25, -0.2) is 0 Å². The Balaban J connectivity index is 0.000000155. The molecule has 6 rings (SSSR count). The van der Waals surface area contributed by atoms with Crippen LogP contribution in [0.5, 0.6) is 0 Å². The number of benzene rings is 2. The summed E-state index contributed by atoms with van der Waals surface area (Å²) in [6, 6.07) is 17.0. The van der Waals surface area contributed by atoms with Gasteiger partial charge in [0.05, 0.1) is 13.1 Å². The Morgan fingerprint density at radius 3 is 1.32 bits per heavy atom. The summed E-state index contributed by atoms with van der Waals surface area (Å²) in [5, 5.41) is 0. The van der Waals surface area contributed by atoms with E-state index >= 15 is 0 Å². The number of anilines is 2. The molecule has 2 aromatic carbocycles. The van der Waals surface area contributed by atoms with Gasteiger partial charge >= 0.3 is 0 Å². The highest BCUT2D eigenvalue weighted by molar-refractivity contribution is 5.82. The molecule has 2 amide bonds. The minimum Gasteiger partial charge on any atom is -0.362 e. The maximum atomic E-state index is 12.4.